The van der Waals surface area contributed by atoms with Crippen LogP contribution in [0.15, 0.2) is 43.0 Å². The highest BCUT2D eigenvalue weighted by atomic mass is 16.1. The average molecular weight is 325 g/mol. The molecule has 1 aliphatic rings. The van der Waals surface area contributed by atoms with Crippen LogP contribution in [0.1, 0.15) is 31.2 Å². The van der Waals surface area contributed by atoms with E-state index in [9.17, 15) is 4.79 Å². The molecule has 3 rings (SSSR count). The number of primary amides is 1. The van der Waals surface area contributed by atoms with E-state index in [1.54, 1.807) is 24.7 Å². The Morgan fingerprint density at radius 1 is 1.25 bits per heavy atom. The maximum atomic E-state index is 12.2. The van der Waals surface area contributed by atoms with E-state index in [2.05, 4.69) is 25.9 Å². The van der Waals surface area contributed by atoms with Gasteiger partial charge in [0.25, 0.3) is 0 Å². The number of aryl methyl sites for hydroxylation is 1. The molecule has 24 heavy (non-hydrogen) atoms. The first-order valence-electron chi connectivity index (χ1n) is 8.40. The molecule has 0 aliphatic carbocycles. The summed E-state index contributed by atoms with van der Waals surface area (Å²) in [6.07, 6.45) is 11.5. The third-order valence-corrected chi connectivity index (χ3v) is 4.78. The fourth-order valence-corrected chi connectivity index (χ4v) is 3.46. The first kappa shape index (κ1) is 16.4. The van der Waals surface area contributed by atoms with Crippen LogP contribution < -0.4 is 10.6 Å². The zero-order chi connectivity index (χ0) is 16.8. The summed E-state index contributed by atoms with van der Waals surface area (Å²) >= 11 is 0. The van der Waals surface area contributed by atoms with E-state index < -0.39 is 5.41 Å². The van der Waals surface area contributed by atoms with Crippen molar-refractivity contribution in [3.05, 3.63) is 48.5 Å². The lowest BCUT2D eigenvalue weighted by molar-refractivity contribution is -0.128. The van der Waals surface area contributed by atoms with Crippen molar-refractivity contribution in [3.63, 3.8) is 0 Å². The first-order chi connectivity index (χ1) is 11.7. The first-order valence-corrected chi connectivity index (χ1v) is 8.40. The molecule has 6 heteroatoms. The van der Waals surface area contributed by atoms with E-state index in [0.717, 1.165) is 38.6 Å². The Balaban J connectivity index is 1.67. The summed E-state index contributed by atoms with van der Waals surface area (Å²) in [6, 6.07) is 5.80. The molecular formula is C18H23N5O. The fourth-order valence-electron chi connectivity index (χ4n) is 3.46. The molecule has 3 heterocycles. The van der Waals surface area contributed by atoms with Crippen LogP contribution in [0.5, 0.6) is 0 Å². The SMILES string of the molecule is NC(=O)C1(CCCc2cccnc2)CCCN(c2ncccn2)C1. The fraction of sp³-hybridized carbons (Fsp3) is 0.444. The summed E-state index contributed by atoms with van der Waals surface area (Å²) < 4.78 is 0. The number of piperidine rings is 1. The van der Waals surface area contributed by atoms with E-state index in [1.807, 2.05) is 12.3 Å². The van der Waals surface area contributed by atoms with Crippen molar-refractivity contribution in [3.8, 4) is 0 Å². The predicted molar refractivity (Wildman–Crippen MR) is 92.3 cm³/mol. The van der Waals surface area contributed by atoms with E-state index in [-0.39, 0.29) is 5.91 Å². The van der Waals surface area contributed by atoms with Gasteiger partial charge in [0.2, 0.25) is 11.9 Å². The lowest BCUT2D eigenvalue weighted by Gasteiger charge is -2.40. The largest absolute Gasteiger partial charge is 0.369 e. The van der Waals surface area contributed by atoms with Crippen LogP contribution >= 0.6 is 0 Å². The standard InChI is InChI=1S/C18H23N5O/c19-16(24)18(7-1-5-15-6-2-9-20-13-15)8-3-12-23(14-18)17-21-10-4-11-22-17/h2,4,6,9-11,13H,1,3,5,7-8,12,14H2,(H2,19,24). The molecule has 6 nitrogen and oxygen atoms in total. The molecule has 0 bridgehead atoms. The normalized spacial score (nSPS) is 20.8. The quantitative estimate of drug-likeness (QED) is 0.877. The molecular weight excluding hydrogens is 302 g/mol. The topological polar surface area (TPSA) is 85.0 Å². The third kappa shape index (κ3) is 3.69. The zero-order valence-corrected chi connectivity index (χ0v) is 13.8. The molecule has 2 aromatic heterocycles. The molecule has 1 atom stereocenters. The van der Waals surface area contributed by atoms with Gasteiger partial charge in [0.05, 0.1) is 5.41 Å². The molecule has 1 saturated heterocycles. The van der Waals surface area contributed by atoms with Crippen LogP contribution in [-0.2, 0) is 11.2 Å². The molecule has 2 N–H and O–H groups in total. The lowest BCUT2D eigenvalue weighted by atomic mass is 9.75. The summed E-state index contributed by atoms with van der Waals surface area (Å²) in [5.41, 5.74) is 6.49. The van der Waals surface area contributed by atoms with Gasteiger partial charge in [-0.3, -0.25) is 9.78 Å². The summed E-state index contributed by atoms with van der Waals surface area (Å²) in [5.74, 6) is 0.462. The van der Waals surface area contributed by atoms with Crippen molar-refractivity contribution in [2.75, 3.05) is 18.0 Å². The van der Waals surface area contributed by atoms with E-state index in [1.165, 1.54) is 5.56 Å². The van der Waals surface area contributed by atoms with Gasteiger partial charge in [-0.15, -0.1) is 0 Å². The second-order valence-electron chi connectivity index (χ2n) is 6.43. The van der Waals surface area contributed by atoms with Crippen LogP contribution in [-0.4, -0.2) is 33.9 Å². The van der Waals surface area contributed by atoms with Gasteiger partial charge in [-0.1, -0.05) is 6.07 Å². The molecule has 1 unspecified atom stereocenters. The van der Waals surface area contributed by atoms with Crippen molar-refractivity contribution in [2.45, 2.75) is 32.1 Å². The molecule has 126 valence electrons. The number of carbonyl (C=O) groups excluding carboxylic acids is 1. The van der Waals surface area contributed by atoms with Crippen molar-refractivity contribution < 1.29 is 4.79 Å². The Hall–Kier alpha value is -2.50. The minimum absolute atomic E-state index is 0.214. The number of carbonyl (C=O) groups is 1. The van der Waals surface area contributed by atoms with Gasteiger partial charge in [0.15, 0.2) is 0 Å². The van der Waals surface area contributed by atoms with Crippen molar-refractivity contribution in [1.29, 1.82) is 0 Å². The van der Waals surface area contributed by atoms with E-state index in [0.29, 0.717) is 12.5 Å². The summed E-state index contributed by atoms with van der Waals surface area (Å²) in [6.45, 7) is 1.46. The van der Waals surface area contributed by atoms with Crippen LogP contribution in [0.4, 0.5) is 5.95 Å². The van der Waals surface area contributed by atoms with Gasteiger partial charge in [-0.25, -0.2) is 9.97 Å². The maximum Gasteiger partial charge on any atom is 0.225 e. The minimum Gasteiger partial charge on any atom is -0.369 e. The van der Waals surface area contributed by atoms with Crippen molar-refractivity contribution in [2.24, 2.45) is 11.1 Å². The second-order valence-corrected chi connectivity index (χ2v) is 6.43. The number of hydrogen-bond donors (Lipinski definition) is 1. The Morgan fingerprint density at radius 3 is 2.79 bits per heavy atom. The van der Waals surface area contributed by atoms with Crippen molar-refractivity contribution >= 4 is 11.9 Å². The molecule has 1 fully saturated rings. The van der Waals surface area contributed by atoms with Crippen molar-refractivity contribution in [1.82, 2.24) is 15.0 Å². The predicted octanol–water partition coefficient (Wildman–Crippen LogP) is 1.97. The number of nitrogens with two attached hydrogens (primary N) is 1. The van der Waals surface area contributed by atoms with Crippen LogP contribution in [0.3, 0.4) is 0 Å². The highest BCUT2D eigenvalue weighted by molar-refractivity contribution is 5.81. The number of nitrogens with zero attached hydrogens (tertiary/aromatic N) is 4. The number of aromatic nitrogens is 3. The van der Waals surface area contributed by atoms with Crippen LogP contribution in [0.25, 0.3) is 0 Å². The second kappa shape index (κ2) is 7.38. The Labute approximate surface area is 142 Å². The molecule has 0 saturated carbocycles. The summed E-state index contributed by atoms with van der Waals surface area (Å²) in [5, 5.41) is 0. The summed E-state index contributed by atoms with van der Waals surface area (Å²) in [4.78, 5) is 27.1. The maximum absolute atomic E-state index is 12.2. The number of amides is 1. The Morgan fingerprint density at radius 2 is 2.08 bits per heavy atom. The highest BCUT2D eigenvalue weighted by Gasteiger charge is 2.40. The van der Waals surface area contributed by atoms with Crippen LogP contribution in [0.2, 0.25) is 0 Å². The molecule has 1 amide bonds. The molecule has 2 aromatic rings. The Kier molecular flexibility index (Phi) is 5.03. The lowest BCUT2D eigenvalue weighted by Crippen LogP contribution is -2.51. The molecule has 0 spiro atoms. The summed E-state index contributed by atoms with van der Waals surface area (Å²) in [7, 11) is 0. The van der Waals surface area contributed by atoms with Gasteiger partial charge in [0, 0.05) is 37.9 Å². The van der Waals surface area contributed by atoms with Gasteiger partial charge in [0.1, 0.15) is 0 Å². The zero-order valence-electron chi connectivity index (χ0n) is 13.8. The van der Waals surface area contributed by atoms with Gasteiger partial charge < -0.3 is 10.6 Å². The number of hydrogen-bond acceptors (Lipinski definition) is 5. The van der Waals surface area contributed by atoms with E-state index in [4.69, 9.17) is 5.73 Å². The molecule has 0 aromatic carbocycles. The Bertz CT molecular complexity index is 664. The number of anilines is 1. The van der Waals surface area contributed by atoms with Gasteiger partial charge in [-0.2, -0.15) is 0 Å². The monoisotopic (exact) mass is 325 g/mol. The third-order valence-electron chi connectivity index (χ3n) is 4.78. The van der Waals surface area contributed by atoms with Crippen LogP contribution in [0, 0.1) is 5.41 Å². The van der Waals surface area contributed by atoms with Gasteiger partial charge in [-0.05, 0) is 49.8 Å². The number of rotatable bonds is 6. The number of pyridine rings is 1. The average Bonchev–Trinajstić information content (AvgIpc) is 2.63. The van der Waals surface area contributed by atoms with Gasteiger partial charge >= 0.3 is 0 Å². The smallest absolute Gasteiger partial charge is 0.225 e. The van der Waals surface area contributed by atoms with E-state index >= 15 is 0 Å². The highest BCUT2D eigenvalue weighted by Crippen LogP contribution is 2.36. The molecule has 1 aliphatic heterocycles. The minimum atomic E-state index is -0.500. The molecule has 0 radical (unpaired) electrons.